The number of hydrogen-bond donors (Lipinski definition) is 0. The number of allylic oxidation sites excluding steroid dienone is 1. The topological polar surface area (TPSA) is 63.4 Å². The van der Waals surface area contributed by atoms with Crippen molar-refractivity contribution in [3.63, 3.8) is 0 Å². The van der Waals surface area contributed by atoms with Crippen LogP contribution >= 0.6 is 0 Å². The highest BCUT2D eigenvalue weighted by atomic mass is 19.1. The van der Waals surface area contributed by atoms with Crippen LogP contribution in [-0.4, -0.2) is 37.8 Å². The molecule has 3 rings (SSSR count). The Hall–Kier alpha value is -2.83. The summed E-state index contributed by atoms with van der Waals surface area (Å²) >= 11 is 0. The number of carbonyl (C=O) groups excluding carboxylic acids is 1. The fraction of sp³-hybridized carbons (Fsp3) is 0.333. The second-order valence-electron chi connectivity index (χ2n) is 6.15. The summed E-state index contributed by atoms with van der Waals surface area (Å²) < 4.78 is 15.1. The van der Waals surface area contributed by atoms with Gasteiger partial charge in [0.25, 0.3) is 5.91 Å². The maximum absolute atomic E-state index is 13.1. The van der Waals surface area contributed by atoms with Gasteiger partial charge in [-0.15, -0.1) is 10.2 Å². The quantitative estimate of drug-likeness (QED) is 0.806. The molecule has 0 bridgehead atoms. The predicted molar refractivity (Wildman–Crippen MR) is 92.9 cm³/mol. The van der Waals surface area contributed by atoms with Crippen LogP contribution in [0.4, 0.5) is 4.39 Å². The lowest BCUT2D eigenvalue weighted by Gasteiger charge is -2.33. The molecule has 1 amide bonds. The van der Waals surface area contributed by atoms with E-state index >= 15 is 0 Å². The van der Waals surface area contributed by atoms with Crippen molar-refractivity contribution in [1.29, 1.82) is 0 Å². The lowest BCUT2D eigenvalue weighted by molar-refractivity contribution is 0.0637. The molecule has 1 aromatic carbocycles. The summed E-state index contributed by atoms with van der Waals surface area (Å²) in [6.07, 6.45) is 0. The Kier molecular flexibility index (Phi) is 4.48. The molecule has 2 heterocycles. The zero-order chi connectivity index (χ0) is 18.1. The van der Waals surface area contributed by atoms with E-state index in [1.165, 1.54) is 24.3 Å². The second-order valence-corrected chi connectivity index (χ2v) is 6.15. The molecule has 1 atom stereocenters. The van der Waals surface area contributed by atoms with Gasteiger partial charge in [0.1, 0.15) is 5.82 Å². The highest BCUT2D eigenvalue weighted by molar-refractivity contribution is 5.96. The summed E-state index contributed by atoms with van der Waals surface area (Å²) in [6, 6.07) is 5.35. The van der Waals surface area contributed by atoms with Crippen LogP contribution in [0.1, 0.15) is 48.8 Å². The summed E-state index contributed by atoms with van der Waals surface area (Å²) in [5, 5.41) is 8.49. The van der Waals surface area contributed by atoms with Crippen molar-refractivity contribution in [1.82, 2.24) is 19.7 Å². The molecule has 130 valence electrons. The van der Waals surface area contributed by atoms with Gasteiger partial charge >= 0.3 is 0 Å². The molecule has 25 heavy (non-hydrogen) atoms. The highest BCUT2D eigenvalue weighted by Gasteiger charge is 2.32. The van der Waals surface area contributed by atoms with Gasteiger partial charge in [-0.1, -0.05) is 6.58 Å². The van der Waals surface area contributed by atoms with Crippen molar-refractivity contribution < 1.29 is 9.18 Å². The van der Waals surface area contributed by atoms with Crippen LogP contribution in [0, 0.1) is 5.82 Å². The van der Waals surface area contributed by atoms with Gasteiger partial charge < -0.3 is 9.47 Å². The van der Waals surface area contributed by atoms with Crippen molar-refractivity contribution in [2.24, 2.45) is 4.99 Å². The first-order valence-electron chi connectivity index (χ1n) is 8.09. The number of rotatable bonds is 3. The second kappa shape index (κ2) is 6.58. The van der Waals surface area contributed by atoms with Crippen LogP contribution in [-0.2, 0) is 6.54 Å². The fourth-order valence-electron chi connectivity index (χ4n) is 3.03. The molecule has 0 aliphatic carbocycles. The third-order valence-electron chi connectivity index (χ3n) is 4.22. The van der Waals surface area contributed by atoms with Crippen molar-refractivity contribution >= 4 is 11.6 Å². The van der Waals surface area contributed by atoms with Gasteiger partial charge in [0, 0.05) is 24.4 Å². The Morgan fingerprint density at radius 1 is 1.24 bits per heavy atom. The minimum Gasteiger partial charge on any atom is -0.327 e. The Balaban J connectivity index is 1.88. The molecule has 1 aromatic heterocycles. The maximum Gasteiger partial charge on any atom is 0.254 e. The molecule has 0 fully saturated rings. The van der Waals surface area contributed by atoms with Crippen molar-refractivity contribution in [3.05, 3.63) is 59.6 Å². The van der Waals surface area contributed by atoms with Crippen LogP contribution in [0.15, 0.2) is 41.5 Å². The predicted octanol–water partition coefficient (Wildman–Crippen LogP) is 2.98. The largest absolute Gasteiger partial charge is 0.327 e. The van der Waals surface area contributed by atoms with E-state index in [0.717, 1.165) is 5.71 Å². The molecule has 0 radical (unpaired) electrons. The monoisotopic (exact) mass is 341 g/mol. The van der Waals surface area contributed by atoms with E-state index in [4.69, 9.17) is 0 Å². The molecule has 6 nitrogen and oxygen atoms in total. The molecule has 0 saturated heterocycles. The Morgan fingerprint density at radius 3 is 2.56 bits per heavy atom. The number of aromatic nitrogens is 3. The number of aliphatic imine (C=N–C) groups is 1. The Bertz CT molecular complexity index is 853. The average Bonchev–Trinajstić information content (AvgIpc) is 3.00. The minimum absolute atomic E-state index is 0.143. The molecule has 2 aromatic rings. The van der Waals surface area contributed by atoms with Gasteiger partial charge in [0.2, 0.25) is 0 Å². The Labute approximate surface area is 145 Å². The standard InChI is InChI=1S/C18H20FN5O/c1-11(2)20-12(3)16-21-22-17-13(4)23(9-10-24(16)17)18(25)14-5-7-15(19)8-6-14/h5-8,13H,1,9-10H2,2-4H3/t13-/m1/s1. The molecular weight excluding hydrogens is 321 g/mol. The third kappa shape index (κ3) is 3.22. The molecule has 0 unspecified atom stereocenters. The number of halogens is 1. The normalized spacial score (nSPS) is 17.4. The van der Waals surface area contributed by atoms with Gasteiger partial charge in [-0.2, -0.15) is 0 Å². The van der Waals surface area contributed by atoms with E-state index in [2.05, 4.69) is 21.8 Å². The first-order chi connectivity index (χ1) is 11.9. The number of hydrogen-bond acceptors (Lipinski definition) is 4. The zero-order valence-electron chi connectivity index (χ0n) is 14.5. The molecule has 0 N–H and O–H groups in total. The first-order valence-corrected chi connectivity index (χ1v) is 8.09. The summed E-state index contributed by atoms with van der Waals surface area (Å²) in [4.78, 5) is 18.8. The molecule has 1 aliphatic rings. The van der Waals surface area contributed by atoms with E-state index in [-0.39, 0.29) is 17.8 Å². The van der Waals surface area contributed by atoms with Crippen LogP contribution in [0.3, 0.4) is 0 Å². The molecule has 0 spiro atoms. The van der Waals surface area contributed by atoms with Crippen LogP contribution < -0.4 is 0 Å². The molecule has 0 saturated carbocycles. The smallest absolute Gasteiger partial charge is 0.254 e. The fourth-order valence-corrected chi connectivity index (χ4v) is 3.03. The van der Waals surface area contributed by atoms with Crippen LogP contribution in [0.25, 0.3) is 0 Å². The van der Waals surface area contributed by atoms with E-state index in [9.17, 15) is 9.18 Å². The summed E-state index contributed by atoms with van der Waals surface area (Å²) in [5.74, 6) is 0.905. The molecule has 7 heteroatoms. The van der Waals surface area contributed by atoms with Crippen molar-refractivity contribution in [3.8, 4) is 0 Å². The van der Waals surface area contributed by atoms with Gasteiger partial charge in [-0.05, 0) is 45.0 Å². The van der Waals surface area contributed by atoms with Crippen molar-refractivity contribution in [2.45, 2.75) is 33.4 Å². The molecular formula is C18H20FN5O. The van der Waals surface area contributed by atoms with E-state index in [1.807, 2.05) is 25.3 Å². The summed E-state index contributed by atoms with van der Waals surface area (Å²) in [5.41, 5.74) is 1.91. The van der Waals surface area contributed by atoms with Crippen LogP contribution in [0.2, 0.25) is 0 Å². The summed E-state index contributed by atoms with van der Waals surface area (Å²) in [6.45, 7) is 10.5. The van der Waals surface area contributed by atoms with Gasteiger partial charge in [0.15, 0.2) is 11.6 Å². The van der Waals surface area contributed by atoms with Gasteiger partial charge in [0.05, 0.1) is 11.8 Å². The number of amides is 1. The lowest BCUT2D eigenvalue weighted by Crippen LogP contribution is -2.41. The van der Waals surface area contributed by atoms with E-state index in [1.54, 1.807) is 4.90 Å². The average molecular weight is 341 g/mol. The minimum atomic E-state index is -0.361. The number of nitrogens with zero attached hydrogens (tertiary/aromatic N) is 5. The maximum atomic E-state index is 13.1. The summed E-state index contributed by atoms with van der Waals surface area (Å²) in [7, 11) is 0. The third-order valence-corrected chi connectivity index (χ3v) is 4.22. The highest BCUT2D eigenvalue weighted by Crippen LogP contribution is 2.26. The van der Waals surface area contributed by atoms with Gasteiger partial charge in [-0.3, -0.25) is 9.79 Å². The number of fused-ring (bicyclic) bond motifs is 1. The van der Waals surface area contributed by atoms with Crippen LogP contribution in [0.5, 0.6) is 0 Å². The molecule has 1 aliphatic heterocycles. The first kappa shape index (κ1) is 17.0. The number of benzene rings is 1. The van der Waals surface area contributed by atoms with Gasteiger partial charge in [-0.25, -0.2) is 4.39 Å². The van der Waals surface area contributed by atoms with E-state index in [0.29, 0.717) is 36.0 Å². The van der Waals surface area contributed by atoms with Crippen molar-refractivity contribution in [2.75, 3.05) is 6.54 Å². The Morgan fingerprint density at radius 2 is 1.92 bits per heavy atom. The van der Waals surface area contributed by atoms with E-state index < -0.39 is 0 Å². The SMILES string of the molecule is C=C(C)N=C(C)c1nnc2n1CCN(C(=O)c1ccc(F)cc1)[C@@H]2C. The number of carbonyl (C=O) groups is 1. The zero-order valence-corrected chi connectivity index (χ0v) is 14.5. The lowest BCUT2D eigenvalue weighted by atomic mass is 10.1.